The molecule has 0 saturated carbocycles. The SMILES string of the molecule is CCCC(=NOCc1ccccc1)c1ccc(C(O)(C(F)(F)F)C(F)(F)F)cc1. The molecule has 0 radical (unpaired) electrons. The molecule has 0 amide bonds. The van der Waals surface area contributed by atoms with E-state index in [-0.39, 0.29) is 6.61 Å². The van der Waals surface area contributed by atoms with E-state index in [2.05, 4.69) is 5.16 Å². The van der Waals surface area contributed by atoms with E-state index < -0.39 is 23.5 Å². The second-order valence-electron chi connectivity index (χ2n) is 6.33. The molecule has 0 aromatic heterocycles. The number of alkyl halides is 6. The molecule has 29 heavy (non-hydrogen) atoms. The number of rotatable bonds is 7. The van der Waals surface area contributed by atoms with Gasteiger partial charge in [-0.05, 0) is 17.5 Å². The summed E-state index contributed by atoms with van der Waals surface area (Å²) >= 11 is 0. The van der Waals surface area contributed by atoms with Crippen LogP contribution in [0.2, 0.25) is 0 Å². The Hall–Kier alpha value is -2.55. The van der Waals surface area contributed by atoms with Gasteiger partial charge in [0.2, 0.25) is 0 Å². The number of hydrogen-bond acceptors (Lipinski definition) is 3. The van der Waals surface area contributed by atoms with Crippen molar-refractivity contribution >= 4 is 5.71 Å². The fourth-order valence-electron chi connectivity index (χ4n) is 2.63. The predicted molar refractivity (Wildman–Crippen MR) is 95.1 cm³/mol. The van der Waals surface area contributed by atoms with Crippen LogP contribution in [0.15, 0.2) is 59.8 Å². The van der Waals surface area contributed by atoms with Crippen molar-refractivity contribution in [2.45, 2.75) is 44.3 Å². The van der Waals surface area contributed by atoms with Crippen LogP contribution in [0, 0.1) is 0 Å². The molecule has 0 fully saturated rings. The van der Waals surface area contributed by atoms with Gasteiger partial charge in [0, 0.05) is 5.56 Å². The van der Waals surface area contributed by atoms with E-state index in [9.17, 15) is 31.4 Å². The Labute approximate surface area is 163 Å². The molecule has 2 rings (SSSR count). The quantitative estimate of drug-likeness (QED) is 0.354. The Bertz CT molecular complexity index is 800. The molecule has 2 aromatic carbocycles. The van der Waals surface area contributed by atoms with Crippen LogP contribution in [0.4, 0.5) is 26.3 Å². The minimum Gasteiger partial charge on any atom is -0.391 e. The summed E-state index contributed by atoms with van der Waals surface area (Å²) in [5, 5.41) is 13.4. The first-order valence-corrected chi connectivity index (χ1v) is 8.70. The smallest absolute Gasteiger partial charge is 0.391 e. The molecule has 0 atom stereocenters. The van der Waals surface area contributed by atoms with Gasteiger partial charge < -0.3 is 9.94 Å². The molecular formula is C20H19F6NO2. The van der Waals surface area contributed by atoms with Crippen LogP contribution in [-0.4, -0.2) is 23.2 Å². The lowest BCUT2D eigenvalue weighted by Gasteiger charge is -2.32. The highest BCUT2D eigenvalue weighted by atomic mass is 19.4. The summed E-state index contributed by atoms with van der Waals surface area (Å²) in [6.45, 7) is 2.00. The van der Waals surface area contributed by atoms with E-state index in [0.717, 1.165) is 17.7 Å². The Balaban J connectivity index is 2.28. The van der Waals surface area contributed by atoms with E-state index in [0.29, 0.717) is 36.2 Å². The number of benzene rings is 2. The summed E-state index contributed by atoms with van der Waals surface area (Å²) in [4.78, 5) is 5.27. The number of nitrogens with zero attached hydrogens (tertiary/aromatic N) is 1. The fourth-order valence-corrected chi connectivity index (χ4v) is 2.63. The van der Waals surface area contributed by atoms with Crippen molar-refractivity contribution in [3.8, 4) is 0 Å². The van der Waals surface area contributed by atoms with Crippen LogP contribution < -0.4 is 0 Å². The molecule has 0 bridgehead atoms. The molecule has 1 N–H and O–H groups in total. The lowest BCUT2D eigenvalue weighted by molar-refractivity contribution is -0.376. The largest absolute Gasteiger partial charge is 0.430 e. The van der Waals surface area contributed by atoms with Gasteiger partial charge in [-0.2, -0.15) is 26.3 Å². The third-order valence-electron chi connectivity index (χ3n) is 4.19. The highest BCUT2D eigenvalue weighted by Crippen LogP contribution is 2.49. The summed E-state index contributed by atoms with van der Waals surface area (Å²) in [5.41, 5.74) is -4.75. The minimum atomic E-state index is -5.92. The van der Waals surface area contributed by atoms with Crippen molar-refractivity contribution in [1.82, 2.24) is 0 Å². The molecular weight excluding hydrogens is 400 g/mol. The number of hydrogen-bond donors (Lipinski definition) is 1. The van der Waals surface area contributed by atoms with Gasteiger partial charge in [0.15, 0.2) is 0 Å². The van der Waals surface area contributed by atoms with E-state index in [1.807, 2.05) is 37.3 Å². The van der Waals surface area contributed by atoms with Crippen molar-refractivity contribution in [2.24, 2.45) is 5.16 Å². The van der Waals surface area contributed by atoms with Crippen LogP contribution in [0.3, 0.4) is 0 Å². The van der Waals surface area contributed by atoms with Gasteiger partial charge >= 0.3 is 12.4 Å². The topological polar surface area (TPSA) is 41.8 Å². The molecule has 158 valence electrons. The lowest BCUT2D eigenvalue weighted by atomic mass is 9.91. The molecule has 0 heterocycles. The Kier molecular flexibility index (Phi) is 6.94. The molecule has 3 nitrogen and oxygen atoms in total. The summed E-state index contributed by atoms with van der Waals surface area (Å²) in [5.74, 6) is 0. The number of aliphatic hydroxyl groups is 1. The maximum absolute atomic E-state index is 13.0. The molecule has 0 saturated heterocycles. The number of oxime groups is 1. The minimum absolute atomic E-state index is 0.161. The predicted octanol–water partition coefficient (Wildman–Crippen LogP) is 5.72. The summed E-state index contributed by atoms with van der Waals surface area (Å²) in [6.07, 6.45) is -10.8. The average molecular weight is 419 g/mol. The van der Waals surface area contributed by atoms with E-state index >= 15 is 0 Å². The standard InChI is InChI=1S/C20H19F6NO2/c1-2-6-17(27-29-13-14-7-4-3-5-8-14)15-9-11-16(12-10-15)18(28,19(21,22)23)20(24,25)26/h3-5,7-12,28H,2,6,13H2,1H3. The van der Waals surface area contributed by atoms with Crippen molar-refractivity contribution in [1.29, 1.82) is 0 Å². The lowest BCUT2D eigenvalue weighted by Crippen LogP contribution is -2.53. The average Bonchev–Trinajstić information content (AvgIpc) is 2.66. The molecule has 0 aliphatic heterocycles. The zero-order valence-electron chi connectivity index (χ0n) is 15.4. The Morgan fingerprint density at radius 3 is 1.93 bits per heavy atom. The third-order valence-corrected chi connectivity index (χ3v) is 4.19. The molecule has 0 spiro atoms. The van der Waals surface area contributed by atoms with Gasteiger partial charge in [-0.3, -0.25) is 0 Å². The second-order valence-corrected chi connectivity index (χ2v) is 6.33. The van der Waals surface area contributed by atoms with Crippen LogP contribution in [0.1, 0.15) is 36.5 Å². The van der Waals surface area contributed by atoms with Crippen LogP contribution in [0.25, 0.3) is 0 Å². The van der Waals surface area contributed by atoms with Crippen molar-refractivity contribution in [3.63, 3.8) is 0 Å². The van der Waals surface area contributed by atoms with Crippen molar-refractivity contribution in [3.05, 3.63) is 71.3 Å². The van der Waals surface area contributed by atoms with Gasteiger partial charge in [0.1, 0.15) is 6.61 Å². The van der Waals surface area contributed by atoms with Crippen LogP contribution in [0.5, 0.6) is 0 Å². The second kappa shape index (κ2) is 8.86. The first-order valence-electron chi connectivity index (χ1n) is 8.70. The molecule has 0 aliphatic carbocycles. The number of halogens is 6. The van der Waals surface area contributed by atoms with E-state index in [1.54, 1.807) is 0 Å². The van der Waals surface area contributed by atoms with E-state index in [4.69, 9.17) is 4.84 Å². The van der Waals surface area contributed by atoms with E-state index in [1.165, 1.54) is 0 Å². The Morgan fingerprint density at radius 1 is 0.897 bits per heavy atom. The monoisotopic (exact) mass is 419 g/mol. The van der Waals surface area contributed by atoms with Crippen LogP contribution >= 0.6 is 0 Å². The zero-order chi connectivity index (χ0) is 21.7. The maximum atomic E-state index is 13.0. The van der Waals surface area contributed by atoms with Gasteiger partial charge in [0.05, 0.1) is 5.71 Å². The summed E-state index contributed by atoms with van der Waals surface area (Å²) < 4.78 is 77.9. The third kappa shape index (κ3) is 5.09. The summed E-state index contributed by atoms with van der Waals surface area (Å²) in [6, 6.07) is 12.4. The zero-order valence-corrected chi connectivity index (χ0v) is 15.4. The normalized spacial score (nSPS) is 13.4. The van der Waals surface area contributed by atoms with Crippen molar-refractivity contribution in [2.75, 3.05) is 0 Å². The molecule has 0 unspecified atom stereocenters. The van der Waals surface area contributed by atoms with Gasteiger partial charge in [0.25, 0.3) is 5.60 Å². The molecule has 9 heteroatoms. The molecule has 2 aromatic rings. The van der Waals surface area contributed by atoms with Gasteiger partial charge in [-0.15, -0.1) is 0 Å². The highest BCUT2D eigenvalue weighted by Gasteiger charge is 2.71. The Morgan fingerprint density at radius 2 is 1.45 bits per heavy atom. The highest BCUT2D eigenvalue weighted by molar-refractivity contribution is 6.00. The van der Waals surface area contributed by atoms with Crippen molar-refractivity contribution < 1.29 is 36.3 Å². The maximum Gasteiger partial charge on any atom is 0.430 e. The molecule has 0 aliphatic rings. The van der Waals surface area contributed by atoms with Gasteiger partial charge in [-0.25, -0.2) is 0 Å². The first kappa shape index (κ1) is 22.7. The van der Waals surface area contributed by atoms with Gasteiger partial charge in [-0.1, -0.05) is 73.1 Å². The first-order chi connectivity index (χ1) is 13.5. The van der Waals surface area contributed by atoms with Crippen LogP contribution in [-0.2, 0) is 17.0 Å². The fraction of sp³-hybridized carbons (Fsp3) is 0.350. The summed E-state index contributed by atoms with van der Waals surface area (Å²) in [7, 11) is 0.